The molecule has 2 heterocycles. The van der Waals surface area contributed by atoms with Gasteiger partial charge in [0.25, 0.3) is 0 Å². The van der Waals surface area contributed by atoms with E-state index in [1.807, 2.05) is 20.8 Å². The van der Waals surface area contributed by atoms with Crippen molar-refractivity contribution in [1.29, 1.82) is 0 Å². The minimum Gasteiger partial charge on any atom is -0.373 e. The topological polar surface area (TPSA) is 57.2 Å². The summed E-state index contributed by atoms with van der Waals surface area (Å²) in [6.45, 7) is 12.8. The summed E-state index contributed by atoms with van der Waals surface area (Å²) >= 11 is 0. The van der Waals surface area contributed by atoms with Crippen LogP contribution in [0.25, 0.3) is 0 Å². The molecule has 0 aromatic heterocycles. The molecule has 20 heavy (non-hydrogen) atoms. The Labute approximate surface area is 121 Å². The third-order valence-electron chi connectivity index (χ3n) is 3.36. The summed E-state index contributed by atoms with van der Waals surface area (Å²) in [6, 6.07) is 0. The average molecular weight is 288 g/mol. The van der Waals surface area contributed by atoms with E-state index in [0.29, 0.717) is 6.61 Å². The van der Waals surface area contributed by atoms with Gasteiger partial charge in [0.15, 0.2) is 12.6 Å². The Bertz CT molecular complexity index is 330. The first-order valence-corrected chi connectivity index (χ1v) is 7.34. The first kappa shape index (κ1) is 16.2. The molecule has 2 fully saturated rings. The Balaban J connectivity index is 2.01. The molecular formula is C15H28O5. The maximum absolute atomic E-state index is 9.93. The maximum Gasteiger partial charge on any atom is 0.187 e. The van der Waals surface area contributed by atoms with Crippen LogP contribution in [0.5, 0.6) is 0 Å². The van der Waals surface area contributed by atoms with Gasteiger partial charge in [0, 0.05) is 0 Å². The summed E-state index contributed by atoms with van der Waals surface area (Å²) in [5, 5.41) is 9.93. The lowest BCUT2D eigenvalue weighted by atomic mass is 9.88. The number of hydrogen-bond acceptors (Lipinski definition) is 5. The lowest BCUT2D eigenvalue weighted by Crippen LogP contribution is -2.49. The molecule has 2 bridgehead atoms. The number of rotatable bonds is 3. The van der Waals surface area contributed by atoms with Crippen LogP contribution in [0.3, 0.4) is 0 Å². The second-order valence-electron chi connectivity index (χ2n) is 7.90. The maximum atomic E-state index is 9.93. The van der Waals surface area contributed by atoms with Gasteiger partial charge in [-0.1, -0.05) is 20.8 Å². The number of fused-ring (bicyclic) bond motifs is 2. The highest BCUT2D eigenvalue weighted by Crippen LogP contribution is 2.36. The van der Waals surface area contributed by atoms with Crippen LogP contribution < -0.4 is 0 Å². The van der Waals surface area contributed by atoms with Crippen molar-refractivity contribution < 1.29 is 24.1 Å². The Hall–Kier alpha value is -0.200. The van der Waals surface area contributed by atoms with E-state index in [-0.39, 0.29) is 23.2 Å². The molecule has 2 rings (SSSR count). The summed E-state index contributed by atoms with van der Waals surface area (Å²) in [6.07, 6.45) is -1.52. The number of aliphatic hydroxyl groups is 1. The number of aliphatic hydroxyl groups excluding tert-OH is 1. The van der Waals surface area contributed by atoms with E-state index in [4.69, 9.17) is 18.9 Å². The van der Waals surface area contributed by atoms with Crippen LogP contribution in [-0.2, 0) is 18.9 Å². The van der Waals surface area contributed by atoms with Gasteiger partial charge in [0.1, 0.15) is 18.3 Å². The third-order valence-corrected chi connectivity index (χ3v) is 3.36. The SMILES string of the molecule is CC(C)(C)CC1OC(COC(C)(C)C)C2OC1OC2O. The lowest BCUT2D eigenvalue weighted by Gasteiger charge is -2.37. The van der Waals surface area contributed by atoms with Crippen LogP contribution in [0.2, 0.25) is 0 Å². The largest absolute Gasteiger partial charge is 0.373 e. The van der Waals surface area contributed by atoms with E-state index < -0.39 is 18.7 Å². The summed E-state index contributed by atoms with van der Waals surface area (Å²) in [5.41, 5.74) is -0.142. The van der Waals surface area contributed by atoms with Gasteiger partial charge in [-0.05, 0) is 32.6 Å². The van der Waals surface area contributed by atoms with Gasteiger partial charge >= 0.3 is 0 Å². The quantitative estimate of drug-likeness (QED) is 0.861. The van der Waals surface area contributed by atoms with Crippen molar-refractivity contribution in [2.75, 3.05) is 6.61 Å². The van der Waals surface area contributed by atoms with Crippen molar-refractivity contribution >= 4 is 0 Å². The Morgan fingerprint density at radius 3 is 2.15 bits per heavy atom. The molecule has 118 valence electrons. The molecule has 2 saturated heterocycles. The van der Waals surface area contributed by atoms with Crippen LogP contribution in [0.1, 0.15) is 48.0 Å². The first-order valence-electron chi connectivity index (χ1n) is 7.34. The van der Waals surface area contributed by atoms with Gasteiger partial charge in [-0.15, -0.1) is 0 Å². The zero-order valence-corrected chi connectivity index (χ0v) is 13.4. The fourth-order valence-electron chi connectivity index (χ4n) is 2.50. The molecular weight excluding hydrogens is 260 g/mol. The van der Waals surface area contributed by atoms with Gasteiger partial charge in [0.05, 0.1) is 12.2 Å². The predicted octanol–water partition coefficient (Wildman–Crippen LogP) is 2.06. The van der Waals surface area contributed by atoms with E-state index in [1.54, 1.807) is 0 Å². The van der Waals surface area contributed by atoms with E-state index >= 15 is 0 Å². The zero-order chi connectivity index (χ0) is 15.1. The normalized spacial score (nSPS) is 38.2. The molecule has 5 nitrogen and oxygen atoms in total. The van der Waals surface area contributed by atoms with Gasteiger partial charge in [0.2, 0.25) is 0 Å². The highest BCUT2D eigenvalue weighted by molar-refractivity contribution is 4.89. The fourth-order valence-corrected chi connectivity index (χ4v) is 2.50. The van der Waals surface area contributed by atoms with Gasteiger partial charge < -0.3 is 24.1 Å². The summed E-state index contributed by atoms with van der Waals surface area (Å²) in [7, 11) is 0. The zero-order valence-electron chi connectivity index (χ0n) is 13.4. The van der Waals surface area contributed by atoms with Crippen molar-refractivity contribution in [3.63, 3.8) is 0 Å². The molecule has 2 aliphatic rings. The van der Waals surface area contributed by atoms with Crippen LogP contribution >= 0.6 is 0 Å². The summed E-state index contributed by atoms with van der Waals surface area (Å²) in [5.74, 6) is 0. The Morgan fingerprint density at radius 2 is 1.60 bits per heavy atom. The van der Waals surface area contributed by atoms with Gasteiger partial charge in [-0.2, -0.15) is 0 Å². The molecule has 0 aromatic carbocycles. The lowest BCUT2D eigenvalue weighted by molar-refractivity contribution is -0.247. The summed E-state index contributed by atoms with van der Waals surface area (Å²) in [4.78, 5) is 0. The van der Waals surface area contributed by atoms with E-state index in [1.165, 1.54) is 0 Å². The molecule has 5 atom stereocenters. The Morgan fingerprint density at radius 1 is 0.950 bits per heavy atom. The minimum absolute atomic E-state index is 0.104. The molecule has 5 heteroatoms. The van der Waals surface area contributed by atoms with Crippen LogP contribution in [-0.4, -0.2) is 48.2 Å². The molecule has 0 amide bonds. The second-order valence-corrected chi connectivity index (χ2v) is 7.90. The molecule has 1 N–H and O–H groups in total. The van der Waals surface area contributed by atoms with Crippen molar-refractivity contribution in [3.05, 3.63) is 0 Å². The number of hydrogen-bond donors (Lipinski definition) is 1. The first-order chi connectivity index (χ1) is 9.05. The van der Waals surface area contributed by atoms with Gasteiger partial charge in [-0.25, -0.2) is 0 Å². The van der Waals surface area contributed by atoms with Crippen molar-refractivity contribution in [1.82, 2.24) is 0 Å². The molecule has 0 aliphatic carbocycles. The highest BCUT2D eigenvalue weighted by Gasteiger charge is 2.51. The van der Waals surface area contributed by atoms with Crippen molar-refractivity contribution in [2.45, 2.75) is 84.5 Å². The minimum atomic E-state index is -0.932. The van der Waals surface area contributed by atoms with Crippen LogP contribution in [0.15, 0.2) is 0 Å². The molecule has 5 unspecified atom stereocenters. The third kappa shape index (κ3) is 4.15. The Kier molecular flexibility index (Phi) is 4.48. The molecule has 2 aliphatic heterocycles. The average Bonchev–Trinajstić information content (AvgIpc) is 2.57. The standard InChI is InChI=1S/C15H28O5/c1-14(2,3)7-9-13-19-11(12(16)20-13)10(18-9)8-17-15(4,5)6/h9-13,16H,7-8H2,1-6H3. The van der Waals surface area contributed by atoms with Crippen molar-refractivity contribution in [2.24, 2.45) is 5.41 Å². The van der Waals surface area contributed by atoms with Crippen LogP contribution in [0, 0.1) is 5.41 Å². The molecule has 0 radical (unpaired) electrons. The molecule has 0 spiro atoms. The van der Waals surface area contributed by atoms with E-state index in [9.17, 15) is 5.11 Å². The number of ether oxygens (including phenoxy) is 4. The van der Waals surface area contributed by atoms with Gasteiger partial charge in [-0.3, -0.25) is 0 Å². The van der Waals surface area contributed by atoms with Crippen LogP contribution in [0.4, 0.5) is 0 Å². The fraction of sp³-hybridized carbons (Fsp3) is 1.00. The molecule has 0 saturated carbocycles. The monoisotopic (exact) mass is 288 g/mol. The molecule has 0 aromatic rings. The highest BCUT2D eigenvalue weighted by atomic mass is 16.8. The van der Waals surface area contributed by atoms with Crippen molar-refractivity contribution in [3.8, 4) is 0 Å². The second kappa shape index (κ2) is 5.54. The predicted molar refractivity (Wildman–Crippen MR) is 74.2 cm³/mol. The smallest absolute Gasteiger partial charge is 0.187 e. The van der Waals surface area contributed by atoms with E-state index in [2.05, 4.69) is 20.8 Å². The van der Waals surface area contributed by atoms with E-state index in [0.717, 1.165) is 6.42 Å². The summed E-state index contributed by atoms with van der Waals surface area (Å²) < 4.78 is 23.1.